The van der Waals surface area contributed by atoms with E-state index in [1.165, 1.54) is 0 Å². The summed E-state index contributed by atoms with van der Waals surface area (Å²) in [5, 5.41) is 15.8. The van der Waals surface area contributed by atoms with Crippen LogP contribution >= 0.6 is 12.4 Å². The topological polar surface area (TPSA) is 61.8 Å². The summed E-state index contributed by atoms with van der Waals surface area (Å²) in [7, 11) is 0. The van der Waals surface area contributed by atoms with Crippen LogP contribution in [0.1, 0.15) is 5.69 Å². The van der Waals surface area contributed by atoms with Crippen LogP contribution in [0, 0.1) is 6.92 Å². The zero-order valence-corrected chi connectivity index (χ0v) is 8.38. The Bertz CT molecular complexity index is 414. The van der Waals surface area contributed by atoms with Crippen LogP contribution in [0.3, 0.4) is 0 Å². The molecule has 0 aliphatic rings. The van der Waals surface area contributed by atoms with Crippen molar-refractivity contribution in [1.29, 1.82) is 0 Å². The number of H-pyrrole nitrogens is 1. The first-order valence-electron chi connectivity index (χ1n) is 3.93. The first-order chi connectivity index (χ1) is 6.27. The van der Waals surface area contributed by atoms with Gasteiger partial charge in [0.1, 0.15) is 5.75 Å². The van der Waals surface area contributed by atoms with Crippen molar-refractivity contribution >= 4 is 12.4 Å². The predicted octanol–water partition coefficient (Wildman–Crippen LogP) is 1.91. The molecule has 0 spiro atoms. The van der Waals surface area contributed by atoms with Crippen molar-refractivity contribution in [2.75, 3.05) is 0 Å². The van der Waals surface area contributed by atoms with Crippen LogP contribution in [-0.2, 0) is 0 Å². The van der Waals surface area contributed by atoms with E-state index in [0.29, 0.717) is 5.69 Å². The Morgan fingerprint density at radius 1 is 1.36 bits per heavy atom. The summed E-state index contributed by atoms with van der Waals surface area (Å²) in [6.07, 6.45) is 3.46. The lowest BCUT2D eigenvalue weighted by molar-refractivity contribution is 0.468. The second-order valence-corrected chi connectivity index (χ2v) is 2.79. The minimum absolute atomic E-state index is 0. The number of pyridine rings is 1. The Labute approximate surface area is 87.4 Å². The maximum Gasteiger partial charge on any atom is 0.136 e. The Morgan fingerprint density at radius 3 is 2.71 bits per heavy atom. The molecule has 2 rings (SSSR count). The Hall–Kier alpha value is -1.55. The monoisotopic (exact) mass is 211 g/mol. The molecule has 0 saturated heterocycles. The summed E-state index contributed by atoms with van der Waals surface area (Å²) < 4.78 is 0. The number of aromatic nitrogens is 3. The van der Waals surface area contributed by atoms with Crippen LogP contribution in [0.25, 0.3) is 11.3 Å². The van der Waals surface area contributed by atoms with Gasteiger partial charge < -0.3 is 5.11 Å². The lowest BCUT2D eigenvalue weighted by Crippen LogP contribution is -1.85. The third-order valence-corrected chi connectivity index (χ3v) is 1.85. The van der Waals surface area contributed by atoms with E-state index in [1.54, 1.807) is 31.5 Å². The molecule has 2 heterocycles. The number of aromatic hydroxyl groups is 1. The molecule has 14 heavy (non-hydrogen) atoms. The minimum Gasteiger partial charge on any atom is -0.506 e. The van der Waals surface area contributed by atoms with Gasteiger partial charge in [-0.25, -0.2) is 4.98 Å². The van der Waals surface area contributed by atoms with Crippen LogP contribution in [-0.4, -0.2) is 20.3 Å². The van der Waals surface area contributed by atoms with Crippen LogP contribution in [0.15, 0.2) is 24.5 Å². The highest BCUT2D eigenvalue weighted by molar-refractivity contribution is 5.85. The lowest BCUT2D eigenvalue weighted by atomic mass is 10.2. The van der Waals surface area contributed by atoms with Gasteiger partial charge in [-0.15, -0.1) is 12.4 Å². The molecule has 5 heteroatoms. The van der Waals surface area contributed by atoms with E-state index in [9.17, 15) is 5.11 Å². The molecular weight excluding hydrogens is 202 g/mol. The summed E-state index contributed by atoms with van der Waals surface area (Å²) in [4.78, 5) is 4.21. The molecule has 0 amide bonds. The second-order valence-electron chi connectivity index (χ2n) is 2.79. The van der Waals surface area contributed by atoms with E-state index in [1.807, 2.05) is 0 Å². The standard InChI is InChI=1S/C9H9N3O.ClH/c1-6-9(13)3-2-8(12-6)7-4-10-11-5-7;/h2-5,13H,1H3,(H,10,11);1H. The third-order valence-electron chi connectivity index (χ3n) is 1.85. The highest BCUT2D eigenvalue weighted by Crippen LogP contribution is 2.20. The molecule has 74 valence electrons. The molecule has 0 atom stereocenters. The number of aromatic amines is 1. The van der Waals surface area contributed by atoms with Crippen molar-refractivity contribution in [3.05, 3.63) is 30.2 Å². The SMILES string of the molecule is Cc1nc(-c2cn[nH]c2)ccc1O.Cl. The predicted molar refractivity (Wildman–Crippen MR) is 55.5 cm³/mol. The van der Waals surface area contributed by atoms with Gasteiger partial charge in [-0.05, 0) is 19.1 Å². The number of nitrogens with one attached hydrogen (secondary N) is 1. The van der Waals surface area contributed by atoms with E-state index in [0.717, 1.165) is 11.3 Å². The van der Waals surface area contributed by atoms with E-state index >= 15 is 0 Å². The van der Waals surface area contributed by atoms with Crippen molar-refractivity contribution in [3.8, 4) is 17.0 Å². The number of hydrogen-bond acceptors (Lipinski definition) is 3. The molecule has 2 aromatic heterocycles. The van der Waals surface area contributed by atoms with Gasteiger partial charge in [0.25, 0.3) is 0 Å². The Kier molecular flexibility index (Phi) is 3.09. The van der Waals surface area contributed by atoms with Crippen molar-refractivity contribution in [2.24, 2.45) is 0 Å². The number of aryl methyl sites for hydroxylation is 1. The summed E-state index contributed by atoms with van der Waals surface area (Å²) in [6, 6.07) is 3.39. The van der Waals surface area contributed by atoms with Gasteiger partial charge in [-0.1, -0.05) is 0 Å². The molecule has 0 aliphatic heterocycles. The summed E-state index contributed by atoms with van der Waals surface area (Å²) in [5.41, 5.74) is 2.35. The molecule has 0 saturated carbocycles. The van der Waals surface area contributed by atoms with Crippen molar-refractivity contribution < 1.29 is 5.11 Å². The first kappa shape index (κ1) is 10.5. The fourth-order valence-electron chi connectivity index (χ4n) is 1.11. The van der Waals surface area contributed by atoms with E-state index in [-0.39, 0.29) is 18.2 Å². The zero-order valence-electron chi connectivity index (χ0n) is 7.56. The van der Waals surface area contributed by atoms with Gasteiger partial charge in [0.15, 0.2) is 0 Å². The van der Waals surface area contributed by atoms with Gasteiger partial charge >= 0.3 is 0 Å². The maximum atomic E-state index is 9.26. The van der Waals surface area contributed by atoms with Gasteiger partial charge in [0.2, 0.25) is 0 Å². The molecular formula is C9H10ClN3O. The van der Waals surface area contributed by atoms with Gasteiger partial charge in [-0.2, -0.15) is 5.10 Å². The Morgan fingerprint density at radius 2 is 2.14 bits per heavy atom. The van der Waals surface area contributed by atoms with E-state index in [4.69, 9.17) is 0 Å². The summed E-state index contributed by atoms with van der Waals surface area (Å²) in [6.45, 7) is 1.76. The molecule has 0 bridgehead atoms. The third kappa shape index (κ3) is 1.85. The number of hydrogen-bond donors (Lipinski definition) is 2. The average molecular weight is 212 g/mol. The van der Waals surface area contributed by atoms with Crippen LogP contribution in [0.2, 0.25) is 0 Å². The fraction of sp³-hybridized carbons (Fsp3) is 0.111. The van der Waals surface area contributed by atoms with Crippen molar-refractivity contribution in [3.63, 3.8) is 0 Å². The van der Waals surface area contributed by atoms with Gasteiger partial charge in [0.05, 0.1) is 17.6 Å². The van der Waals surface area contributed by atoms with Crippen LogP contribution < -0.4 is 0 Å². The van der Waals surface area contributed by atoms with E-state index < -0.39 is 0 Å². The second kappa shape index (κ2) is 4.11. The molecule has 4 nitrogen and oxygen atoms in total. The smallest absolute Gasteiger partial charge is 0.136 e. The number of rotatable bonds is 1. The zero-order chi connectivity index (χ0) is 9.26. The van der Waals surface area contributed by atoms with Crippen LogP contribution in [0.4, 0.5) is 0 Å². The largest absolute Gasteiger partial charge is 0.506 e. The highest BCUT2D eigenvalue weighted by atomic mass is 35.5. The maximum absolute atomic E-state index is 9.26. The molecule has 0 unspecified atom stereocenters. The van der Waals surface area contributed by atoms with E-state index in [2.05, 4.69) is 15.2 Å². The molecule has 2 aromatic rings. The quantitative estimate of drug-likeness (QED) is 0.758. The lowest BCUT2D eigenvalue weighted by Gasteiger charge is -1.99. The molecule has 0 radical (unpaired) electrons. The summed E-state index contributed by atoms with van der Waals surface area (Å²) >= 11 is 0. The van der Waals surface area contributed by atoms with Gasteiger partial charge in [0, 0.05) is 11.8 Å². The molecule has 0 aromatic carbocycles. The summed E-state index contributed by atoms with van der Waals surface area (Å²) in [5.74, 6) is 0.215. The van der Waals surface area contributed by atoms with Gasteiger partial charge in [-0.3, -0.25) is 5.10 Å². The fourth-order valence-corrected chi connectivity index (χ4v) is 1.11. The minimum atomic E-state index is 0. The normalized spacial score (nSPS) is 9.50. The number of halogens is 1. The van der Waals surface area contributed by atoms with Crippen molar-refractivity contribution in [2.45, 2.75) is 6.92 Å². The average Bonchev–Trinajstić information content (AvgIpc) is 2.62. The first-order valence-corrected chi connectivity index (χ1v) is 3.93. The molecule has 0 fully saturated rings. The molecule has 0 aliphatic carbocycles. The Balaban J connectivity index is 0.000000980. The van der Waals surface area contributed by atoms with Crippen molar-refractivity contribution in [1.82, 2.24) is 15.2 Å². The number of nitrogens with zero attached hydrogens (tertiary/aromatic N) is 2. The highest BCUT2D eigenvalue weighted by Gasteiger charge is 2.02. The molecule has 2 N–H and O–H groups in total. The van der Waals surface area contributed by atoms with Crippen LogP contribution in [0.5, 0.6) is 5.75 Å².